The molecule has 11 heteroatoms. The van der Waals surface area contributed by atoms with Crippen LogP contribution in [0.1, 0.15) is 46.0 Å². The van der Waals surface area contributed by atoms with Crippen molar-refractivity contribution in [2.45, 2.75) is 44.9 Å². The van der Waals surface area contributed by atoms with E-state index in [2.05, 4.69) is 31.4 Å². The number of thiophene rings is 1. The van der Waals surface area contributed by atoms with Gasteiger partial charge in [0, 0.05) is 32.4 Å². The van der Waals surface area contributed by atoms with Crippen LogP contribution < -0.4 is 5.32 Å². The van der Waals surface area contributed by atoms with Crippen molar-refractivity contribution in [2.24, 2.45) is 0 Å². The van der Waals surface area contributed by atoms with E-state index >= 15 is 0 Å². The van der Waals surface area contributed by atoms with E-state index in [4.69, 9.17) is 28.2 Å². The van der Waals surface area contributed by atoms with Gasteiger partial charge in [0.05, 0.1) is 15.7 Å². The lowest BCUT2D eigenvalue weighted by molar-refractivity contribution is 0.0944. The lowest BCUT2D eigenvalue weighted by Gasteiger charge is -2.35. The summed E-state index contributed by atoms with van der Waals surface area (Å²) in [4.78, 5) is 30.6. The predicted octanol–water partition coefficient (Wildman–Crippen LogP) is 7.78. The largest absolute Gasteiger partial charge is 0.432 e. The van der Waals surface area contributed by atoms with Gasteiger partial charge in [-0.1, -0.05) is 37.0 Å². The van der Waals surface area contributed by atoms with Gasteiger partial charge in [0.15, 0.2) is 8.32 Å². The highest BCUT2D eigenvalue weighted by Gasteiger charge is 2.39. The minimum absolute atomic E-state index is 0.219. The van der Waals surface area contributed by atoms with Crippen LogP contribution in [-0.4, -0.2) is 34.2 Å². The molecule has 1 aromatic carbocycles. The summed E-state index contributed by atoms with van der Waals surface area (Å²) in [5, 5.41) is 12.8. The van der Waals surface area contributed by atoms with Crippen LogP contribution in [-0.2, 0) is 13.0 Å². The van der Waals surface area contributed by atoms with E-state index in [9.17, 15) is 9.59 Å². The molecule has 3 aromatic heterocycles. The number of amides is 1. The Bertz CT molecular complexity index is 1520. The summed E-state index contributed by atoms with van der Waals surface area (Å²) in [6.45, 7) is 8.04. The van der Waals surface area contributed by atoms with Crippen molar-refractivity contribution in [1.29, 1.82) is 0 Å². The highest BCUT2D eigenvalue weighted by Crippen LogP contribution is 2.41. The van der Waals surface area contributed by atoms with Crippen molar-refractivity contribution in [3.8, 4) is 0 Å². The zero-order chi connectivity index (χ0) is 27.7. The number of carbonyl (C=O) groups is 1. The molecule has 198 valence electrons. The fourth-order valence-corrected chi connectivity index (χ4v) is 6.33. The molecule has 6 nitrogen and oxygen atoms in total. The first kappa shape index (κ1) is 28.9. The molecular weight excluding hydrogens is 623 g/mol. The second kappa shape index (κ2) is 11.5. The minimum Gasteiger partial charge on any atom is -0.432 e. The van der Waals surface area contributed by atoms with E-state index in [1.54, 1.807) is 35.7 Å². The van der Waals surface area contributed by atoms with Crippen molar-refractivity contribution in [3.63, 3.8) is 0 Å². The number of hydrogen-bond acceptors (Lipinski definition) is 6. The van der Waals surface area contributed by atoms with Gasteiger partial charge in [0.1, 0.15) is 11.2 Å². The number of hydrogen-bond donors (Lipinski definition) is 2. The molecule has 0 unspecified atom stereocenters. The molecule has 3 heterocycles. The summed E-state index contributed by atoms with van der Waals surface area (Å²) in [5.74, 6) is -0.356. The topological polar surface area (TPSA) is 88.0 Å². The molecule has 0 saturated heterocycles. The Morgan fingerprint density at radius 2 is 1.87 bits per heavy atom. The Balaban J connectivity index is 1.81. The number of carbonyl (C=O) groups excluding carboxylic acids is 1. The van der Waals surface area contributed by atoms with Crippen LogP contribution in [0.4, 0.5) is 0 Å². The Hall–Kier alpha value is -2.14. The van der Waals surface area contributed by atoms with Crippen LogP contribution in [0.3, 0.4) is 0 Å². The van der Waals surface area contributed by atoms with Crippen molar-refractivity contribution in [1.82, 2.24) is 20.5 Å². The monoisotopic (exact) mass is 648 g/mol. The van der Waals surface area contributed by atoms with Crippen LogP contribution in [0, 0.1) is 0 Å². The SMILES string of the molecule is CC(C)(Cc1c(C(=O)NCc2cc(Cl)cc(Cl)c2)nc(C=Cc2ccc(Br)s2)c2ccnnc12)[Si](C)(C)O. The first-order valence-corrected chi connectivity index (χ1v) is 17.2. The first-order chi connectivity index (χ1) is 17.8. The van der Waals surface area contributed by atoms with Gasteiger partial charge in [0.25, 0.3) is 5.91 Å². The number of aromatic nitrogens is 3. The molecule has 4 aromatic rings. The summed E-state index contributed by atoms with van der Waals surface area (Å²) in [5.41, 5.74) is 2.88. The lowest BCUT2D eigenvalue weighted by atomic mass is 9.96. The third-order valence-electron chi connectivity index (χ3n) is 6.67. The first-order valence-electron chi connectivity index (χ1n) is 11.9. The highest BCUT2D eigenvalue weighted by atomic mass is 79.9. The maximum absolute atomic E-state index is 13.7. The molecule has 0 aliphatic rings. The van der Waals surface area contributed by atoms with Gasteiger partial charge in [-0.15, -0.1) is 11.3 Å². The van der Waals surface area contributed by atoms with E-state index in [0.717, 1.165) is 19.6 Å². The zero-order valence-corrected chi connectivity index (χ0v) is 26.3. The van der Waals surface area contributed by atoms with Crippen LogP contribution in [0.2, 0.25) is 28.2 Å². The Kier molecular flexibility index (Phi) is 8.76. The minimum atomic E-state index is -2.62. The summed E-state index contributed by atoms with van der Waals surface area (Å²) in [6.07, 6.45) is 5.87. The second-order valence-electron chi connectivity index (χ2n) is 10.2. The number of rotatable bonds is 8. The van der Waals surface area contributed by atoms with Gasteiger partial charge in [-0.3, -0.25) is 4.79 Å². The number of halogens is 3. The van der Waals surface area contributed by atoms with Crippen LogP contribution in [0.15, 0.2) is 46.4 Å². The predicted molar refractivity (Wildman–Crippen MR) is 163 cm³/mol. The molecule has 2 N–H and O–H groups in total. The zero-order valence-electron chi connectivity index (χ0n) is 21.3. The molecule has 0 saturated carbocycles. The van der Waals surface area contributed by atoms with E-state index in [1.165, 1.54) is 0 Å². The van der Waals surface area contributed by atoms with Gasteiger partial charge in [0.2, 0.25) is 0 Å². The second-order valence-corrected chi connectivity index (χ2v) is 18.0. The van der Waals surface area contributed by atoms with Crippen LogP contribution >= 0.6 is 50.5 Å². The normalized spacial score (nSPS) is 12.4. The molecule has 0 aliphatic heterocycles. The number of fused-ring (bicyclic) bond motifs is 1. The molecule has 1 amide bonds. The van der Waals surface area contributed by atoms with E-state index in [1.807, 2.05) is 57.3 Å². The molecule has 4 rings (SSSR count). The number of nitrogens with zero attached hydrogens (tertiary/aromatic N) is 3. The molecule has 0 spiro atoms. The van der Waals surface area contributed by atoms with Gasteiger partial charge < -0.3 is 10.1 Å². The Labute approximate surface area is 245 Å². The Morgan fingerprint density at radius 1 is 1.16 bits per heavy atom. The third-order valence-corrected chi connectivity index (χ3v) is 12.2. The van der Waals surface area contributed by atoms with Gasteiger partial charge in [-0.05, 0) is 94.6 Å². The molecule has 0 atom stereocenters. The average molecular weight is 651 g/mol. The van der Waals surface area contributed by atoms with Crippen molar-refractivity contribution < 1.29 is 9.59 Å². The number of benzene rings is 1. The van der Waals surface area contributed by atoms with E-state index < -0.39 is 13.4 Å². The van der Waals surface area contributed by atoms with Crippen LogP contribution in [0.25, 0.3) is 23.1 Å². The molecule has 0 radical (unpaired) electrons. The fraction of sp³-hybridized carbons (Fsp3) is 0.259. The molecule has 38 heavy (non-hydrogen) atoms. The lowest BCUT2D eigenvalue weighted by Crippen LogP contribution is -2.41. The fourth-order valence-electron chi connectivity index (χ4n) is 3.82. The van der Waals surface area contributed by atoms with E-state index in [-0.39, 0.29) is 18.1 Å². The molecular formula is C27H27BrCl2N4O2SSi. The van der Waals surface area contributed by atoms with E-state index in [0.29, 0.717) is 33.2 Å². The third kappa shape index (κ3) is 6.70. The number of pyridine rings is 1. The van der Waals surface area contributed by atoms with Crippen molar-refractivity contribution in [3.05, 3.63) is 83.8 Å². The average Bonchev–Trinajstić information content (AvgIpc) is 3.25. The molecule has 0 fully saturated rings. The van der Waals surface area contributed by atoms with Crippen LogP contribution in [0.5, 0.6) is 0 Å². The summed E-state index contributed by atoms with van der Waals surface area (Å²) in [6, 6.07) is 11.0. The summed E-state index contributed by atoms with van der Waals surface area (Å²) < 4.78 is 1.02. The number of nitrogens with one attached hydrogen (secondary N) is 1. The standard InChI is InChI=1S/C27H27BrCl2N4O2SSi/c1-27(2,38(3,4)36)14-21-24-20(9-10-32-34-24)22(7-5-19-6-8-23(28)37-19)33-25(21)26(35)31-15-16-11-17(29)13-18(30)12-16/h5-13,36H,14-15H2,1-4H3,(H,31,35). The smallest absolute Gasteiger partial charge is 0.270 e. The van der Waals surface area contributed by atoms with Gasteiger partial charge in [-0.2, -0.15) is 10.2 Å². The maximum atomic E-state index is 13.7. The van der Waals surface area contributed by atoms with Crippen molar-refractivity contribution >= 4 is 87.7 Å². The quantitative estimate of drug-likeness (QED) is 0.190. The van der Waals surface area contributed by atoms with Gasteiger partial charge in [-0.25, -0.2) is 4.98 Å². The molecule has 0 aliphatic carbocycles. The summed E-state index contributed by atoms with van der Waals surface area (Å²) in [7, 11) is -2.62. The Morgan fingerprint density at radius 3 is 2.50 bits per heavy atom. The highest BCUT2D eigenvalue weighted by molar-refractivity contribution is 9.11. The molecule has 0 bridgehead atoms. The van der Waals surface area contributed by atoms with Crippen molar-refractivity contribution in [2.75, 3.05) is 0 Å². The summed E-state index contributed by atoms with van der Waals surface area (Å²) >= 11 is 17.4. The maximum Gasteiger partial charge on any atom is 0.270 e. The van der Waals surface area contributed by atoms with Gasteiger partial charge >= 0.3 is 0 Å².